The molecule has 0 fully saturated rings. The Bertz CT molecular complexity index is 450. The molecule has 1 aromatic rings. The van der Waals surface area contributed by atoms with E-state index in [1.54, 1.807) is 0 Å². The van der Waals surface area contributed by atoms with Gasteiger partial charge in [0.25, 0.3) is 0 Å². The molecular weight excluding hydrogens is 274 g/mol. The number of carbonyl (C=O) groups excluding carboxylic acids is 1. The molecule has 0 aliphatic heterocycles. The molecule has 0 bridgehead atoms. The summed E-state index contributed by atoms with van der Waals surface area (Å²) in [5.41, 5.74) is 2.23. The van der Waals surface area contributed by atoms with Crippen molar-refractivity contribution < 1.29 is 9.53 Å². The lowest BCUT2D eigenvalue weighted by atomic mass is 9.94. The summed E-state index contributed by atoms with van der Waals surface area (Å²) in [5, 5.41) is 0. The lowest BCUT2D eigenvalue weighted by Crippen LogP contribution is -2.27. The summed E-state index contributed by atoms with van der Waals surface area (Å²) in [4.78, 5) is 14.5. The highest BCUT2D eigenvalue weighted by Crippen LogP contribution is 2.34. The Kier molecular flexibility index (Phi) is 7.60. The van der Waals surface area contributed by atoms with Crippen molar-refractivity contribution in [1.29, 1.82) is 0 Å². The molecule has 3 heteroatoms. The van der Waals surface area contributed by atoms with E-state index < -0.39 is 0 Å². The molecule has 1 rings (SSSR count). The minimum Gasteiger partial charge on any atom is -0.426 e. The van der Waals surface area contributed by atoms with E-state index in [0.717, 1.165) is 36.5 Å². The summed E-state index contributed by atoms with van der Waals surface area (Å²) in [7, 11) is 0. The molecule has 0 aromatic heterocycles. The van der Waals surface area contributed by atoms with Gasteiger partial charge in [-0.2, -0.15) is 0 Å². The minimum absolute atomic E-state index is 0.137. The zero-order valence-corrected chi connectivity index (χ0v) is 15.0. The van der Waals surface area contributed by atoms with Crippen LogP contribution in [-0.4, -0.2) is 30.5 Å². The lowest BCUT2D eigenvalue weighted by molar-refractivity contribution is -0.134. The van der Waals surface area contributed by atoms with E-state index in [4.69, 9.17) is 4.74 Å². The van der Waals surface area contributed by atoms with Gasteiger partial charge in [0.1, 0.15) is 5.75 Å². The van der Waals surface area contributed by atoms with Crippen LogP contribution in [0.2, 0.25) is 0 Å². The Hall–Kier alpha value is -1.35. The van der Waals surface area contributed by atoms with Crippen LogP contribution in [0.4, 0.5) is 0 Å². The maximum Gasteiger partial charge on any atom is 0.312 e. The van der Waals surface area contributed by atoms with Crippen molar-refractivity contribution in [2.75, 3.05) is 19.6 Å². The maximum atomic E-state index is 12.2. The van der Waals surface area contributed by atoms with Crippen LogP contribution in [0, 0.1) is 0 Å². The van der Waals surface area contributed by atoms with Gasteiger partial charge in [0.15, 0.2) is 0 Å². The molecule has 0 saturated carbocycles. The van der Waals surface area contributed by atoms with Crippen LogP contribution in [0.3, 0.4) is 0 Å². The van der Waals surface area contributed by atoms with Crippen LogP contribution in [-0.2, 0) is 4.79 Å². The van der Waals surface area contributed by atoms with E-state index in [-0.39, 0.29) is 5.97 Å². The van der Waals surface area contributed by atoms with E-state index >= 15 is 0 Å². The van der Waals surface area contributed by atoms with Gasteiger partial charge >= 0.3 is 5.97 Å². The number of hydrogen-bond donors (Lipinski definition) is 0. The Morgan fingerprint density at radius 3 is 1.95 bits per heavy atom. The highest BCUT2D eigenvalue weighted by molar-refractivity contribution is 5.73. The summed E-state index contributed by atoms with van der Waals surface area (Å²) in [6.07, 6.45) is 0.436. The van der Waals surface area contributed by atoms with Crippen LogP contribution in [0.25, 0.3) is 0 Å². The fraction of sp³-hybridized carbons (Fsp3) is 0.632. The standard InChI is InChI=1S/C19H31NO2/c1-7-20(8-2)13-12-18(21)22-19-16(14(3)4)10-9-11-17(19)15(5)6/h9-11,14-15H,7-8,12-13H2,1-6H3. The monoisotopic (exact) mass is 305 g/mol. The maximum absolute atomic E-state index is 12.2. The molecule has 0 amide bonds. The Morgan fingerprint density at radius 1 is 1.05 bits per heavy atom. The molecule has 0 heterocycles. The van der Waals surface area contributed by atoms with Crippen molar-refractivity contribution in [2.45, 2.75) is 59.8 Å². The third-order valence-electron chi connectivity index (χ3n) is 4.06. The predicted molar refractivity (Wildman–Crippen MR) is 92.7 cm³/mol. The SMILES string of the molecule is CCN(CC)CCC(=O)Oc1c(C(C)C)cccc1C(C)C. The van der Waals surface area contributed by atoms with Gasteiger partial charge in [-0.05, 0) is 36.1 Å². The number of ether oxygens (including phenoxy) is 1. The first-order chi connectivity index (χ1) is 10.4. The molecule has 0 spiro atoms. The number of para-hydroxylation sites is 1. The summed E-state index contributed by atoms with van der Waals surface area (Å²) in [6, 6.07) is 6.17. The largest absolute Gasteiger partial charge is 0.426 e. The highest BCUT2D eigenvalue weighted by atomic mass is 16.5. The number of esters is 1. The second-order valence-corrected chi connectivity index (χ2v) is 6.33. The first kappa shape index (κ1) is 18.7. The zero-order chi connectivity index (χ0) is 16.7. The van der Waals surface area contributed by atoms with Gasteiger partial charge < -0.3 is 9.64 Å². The molecule has 124 valence electrons. The Morgan fingerprint density at radius 2 is 1.55 bits per heavy atom. The molecule has 3 nitrogen and oxygen atoms in total. The van der Waals surface area contributed by atoms with E-state index in [9.17, 15) is 4.79 Å². The third-order valence-corrected chi connectivity index (χ3v) is 4.06. The molecule has 0 atom stereocenters. The molecule has 22 heavy (non-hydrogen) atoms. The molecule has 0 radical (unpaired) electrons. The van der Waals surface area contributed by atoms with E-state index in [0.29, 0.717) is 18.3 Å². The van der Waals surface area contributed by atoms with Crippen molar-refractivity contribution >= 4 is 5.97 Å². The number of hydrogen-bond acceptors (Lipinski definition) is 3. The van der Waals surface area contributed by atoms with Crippen molar-refractivity contribution in [3.8, 4) is 5.75 Å². The molecule has 0 unspecified atom stereocenters. The Labute approximate surface area is 135 Å². The van der Waals surface area contributed by atoms with Crippen molar-refractivity contribution in [3.63, 3.8) is 0 Å². The van der Waals surface area contributed by atoms with Crippen LogP contribution < -0.4 is 4.74 Å². The van der Waals surface area contributed by atoms with Gasteiger partial charge in [0, 0.05) is 6.54 Å². The van der Waals surface area contributed by atoms with Crippen LogP contribution >= 0.6 is 0 Å². The van der Waals surface area contributed by atoms with Crippen LogP contribution in [0.5, 0.6) is 5.75 Å². The highest BCUT2D eigenvalue weighted by Gasteiger charge is 2.18. The summed E-state index contributed by atoms with van der Waals surface area (Å²) in [6.45, 7) is 15.4. The number of benzene rings is 1. The first-order valence-corrected chi connectivity index (χ1v) is 8.46. The van der Waals surface area contributed by atoms with Crippen molar-refractivity contribution in [2.24, 2.45) is 0 Å². The minimum atomic E-state index is -0.137. The van der Waals surface area contributed by atoms with Gasteiger partial charge in [0.05, 0.1) is 6.42 Å². The van der Waals surface area contributed by atoms with Crippen LogP contribution in [0.1, 0.15) is 70.9 Å². The smallest absolute Gasteiger partial charge is 0.312 e. The number of rotatable bonds is 8. The fourth-order valence-electron chi connectivity index (χ4n) is 2.55. The molecule has 0 saturated heterocycles. The normalized spacial score (nSPS) is 11.5. The van der Waals surface area contributed by atoms with Gasteiger partial charge in [-0.15, -0.1) is 0 Å². The van der Waals surface area contributed by atoms with Crippen molar-refractivity contribution in [3.05, 3.63) is 29.3 Å². The predicted octanol–water partition coefficient (Wildman–Crippen LogP) is 4.57. The van der Waals surface area contributed by atoms with E-state index in [1.165, 1.54) is 0 Å². The number of nitrogens with zero attached hydrogens (tertiary/aromatic N) is 1. The molecule has 0 N–H and O–H groups in total. The topological polar surface area (TPSA) is 29.5 Å². The average Bonchev–Trinajstić information content (AvgIpc) is 2.47. The number of carbonyl (C=O) groups is 1. The summed E-state index contributed by atoms with van der Waals surface area (Å²) >= 11 is 0. The second-order valence-electron chi connectivity index (χ2n) is 6.33. The summed E-state index contributed by atoms with van der Waals surface area (Å²) in [5.74, 6) is 1.31. The zero-order valence-electron chi connectivity index (χ0n) is 15.0. The van der Waals surface area contributed by atoms with Gasteiger partial charge in [0.2, 0.25) is 0 Å². The molecule has 0 aliphatic rings. The van der Waals surface area contributed by atoms with E-state index in [2.05, 4.69) is 64.6 Å². The lowest BCUT2D eigenvalue weighted by Gasteiger charge is -2.20. The molecule has 1 aromatic carbocycles. The van der Waals surface area contributed by atoms with E-state index in [1.807, 2.05) is 0 Å². The van der Waals surface area contributed by atoms with Gasteiger partial charge in [-0.1, -0.05) is 59.7 Å². The fourth-order valence-corrected chi connectivity index (χ4v) is 2.55. The van der Waals surface area contributed by atoms with Gasteiger partial charge in [-0.25, -0.2) is 0 Å². The quantitative estimate of drug-likeness (QED) is 0.520. The Balaban J connectivity index is 2.89. The summed E-state index contributed by atoms with van der Waals surface area (Å²) < 4.78 is 5.77. The molecular formula is C19H31NO2. The van der Waals surface area contributed by atoms with Crippen LogP contribution in [0.15, 0.2) is 18.2 Å². The molecule has 0 aliphatic carbocycles. The van der Waals surface area contributed by atoms with Crippen molar-refractivity contribution in [1.82, 2.24) is 4.90 Å². The third kappa shape index (κ3) is 5.13. The average molecular weight is 305 g/mol. The van der Waals surface area contributed by atoms with Gasteiger partial charge in [-0.3, -0.25) is 4.79 Å². The second kappa shape index (κ2) is 8.94. The first-order valence-electron chi connectivity index (χ1n) is 8.46.